The van der Waals surface area contributed by atoms with E-state index in [2.05, 4.69) is 5.32 Å². The van der Waals surface area contributed by atoms with Crippen molar-refractivity contribution in [2.24, 2.45) is 16.6 Å². The molecular weight excluding hydrogens is 685 g/mol. The van der Waals surface area contributed by atoms with E-state index in [4.69, 9.17) is 36.8 Å². The van der Waals surface area contributed by atoms with Gasteiger partial charge in [0.15, 0.2) is 11.6 Å². The zero-order valence-electron chi connectivity index (χ0n) is 27.9. The topological polar surface area (TPSA) is 133 Å². The molecule has 3 N–H and O–H groups in total. The smallest absolute Gasteiger partial charge is 0.251 e. The number of nitrogens with two attached hydrogens (primary N) is 1. The van der Waals surface area contributed by atoms with Gasteiger partial charge in [-0.05, 0) is 94.5 Å². The van der Waals surface area contributed by atoms with Gasteiger partial charge in [0, 0.05) is 28.5 Å². The Morgan fingerprint density at radius 2 is 1.94 bits per heavy atom. The second-order valence-electron chi connectivity index (χ2n) is 14.8. The molecule has 0 saturated heterocycles. The molecule has 1 unspecified atom stereocenters. The fourth-order valence-corrected chi connectivity index (χ4v) is 7.36. The van der Waals surface area contributed by atoms with Crippen molar-refractivity contribution >= 4 is 35.8 Å². The Morgan fingerprint density at radius 3 is 2.61 bits per heavy atom. The number of benzene rings is 2. The van der Waals surface area contributed by atoms with Gasteiger partial charge in [0.2, 0.25) is 5.91 Å². The van der Waals surface area contributed by atoms with Crippen LogP contribution < -0.4 is 31.1 Å². The number of fused-ring (bicyclic) bond motifs is 2. The van der Waals surface area contributed by atoms with Crippen molar-refractivity contribution < 1.29 is 37.0 Å². The van der Waals surface area contributed by atoms with E-state index in [-0.39, 0.29) is 53.9 Å². The monoisotopic (exact) mass is 720 g/mol. The number of nitrogens with zero attached hydrogens (tertiary/aromatic N) is 2. The van der Waals surface area contributed by atoms with Crippen LogP contribution in [0, 0.1) is 17.6 Å². The van der Waals surface area contributed by atoms with Crippen LogP contribution in [-0.4, -0.2) is 54.1 Å². The van der Waals surface area contributed by atoms with Gasteiger partial charge in [-0.15, -0.1) is 0 Å². The van der Waals surface area contributed by atoms with Crippen LogP contribution in [0.5, 0.6) is 11.5 Å². The summed E-state index contributed by atoms with van der Waals surface area (Å²) in [5, 5.41) is 3.78. The molecule has 9 nitrogen and oxygen atoms in total. The van der Waals surface area contributed by atoms with Crippen molar-refractivity contribution in [3.63, 3.8) is 0 Å². The quantitative estimate of drug-likeness (QED) is 0.195. The van der Waals surface area contributed by atoms with Crippen LogP contribution in [0.1, 0.15) is 79.9 Å². The minimum atomic E-state index is -1.37. The molecule has 1 aromatic heterocycles. The zero-order chi connectivity index (χ0) is 35.9. The Kier molecular flexibility index (Phi) is 7.97. The number of alkyl halides is 1. The molecule has 5 aliphatic rings. The summed E-state index contributed by atoms with van der Waals surface area (Å²) in [7, 11) is 0. The molecule has 2 amide bonds. The second kappa shape index (κ2) is 12.1. The standard InChI is InChI=1S/C38H36ClF3N4O5/c1-36(35(43)49)18-50-33-25(36)15-28(46-32(33)24-6-7-26(40)30(41)29(24)39)38(17-47,21-2-3-21)16-44-34(48)20-12-19-13-22(8-9-37(42)10-11-37)45-31(19)27(14-20)51-23-4-5-23/h6-7,12-15,17,21-23H,2-5,8-11,16,18H2,1H3,(H2,43,49)(H,44,48)/t22?,36-,38+/m0/s1. The maximum Gasteiger partial charge on any atom is 0.251 e. The van der Waals surface area contributed by atoms with Crippen molar-refractivity contribution in [3.05, 3.63) is 74.4 Å². The third-order valence-corrected chi connectivity index (χ3v) is 11.3. The summed E-state index contributed by atoms with van der Waals surface area (Å²) in [4.78, 5) is 49.5. The number of aromatic nitrogens is 1. The Balaban J connectivity index is 1.15. The number of pyridine rings is 1. The number of carbonyl (C=O) groups is 3. The van der Waals surface area contributed by atoms with E-state index in [1.54, 1.807) is 25.1 Å². The molecule has 3 atom stereocenters. The summed E-state index contributed by atoms with van der Waals surface area (Å²) in [6.45, 7) is 1.29. The lowest BCUT2D eigenvalue weighted by molar-refractivity contribution is -0.123. The number of halogens is 4. The largest absolute Gasteiger partial charge is 0.489 e. The van der Waals surface area contributed by atoms with E-state index in [9.17, 15) is 27.6 Å². The SMILES string of the molecule is C[C@]1(C(N)=O)COc2c1cc([C@@](C=O)(CNC(=O)c1cc(OC3CC3)c3c(c1)=CC(CCC1(F)CC1)N=3)C1CC1)nc2-c1ccc(F)c(F)c1Cl. The first-order chi connectivity index (χ1) is 24.3. The number of aldehydes is 1. The van der Waals surface area contributed by atoms with Crippen molar-refractivity contribution in [3.8, 4) is 22.8 Å². The van der Waals surface area contributed by atoms with Crippen molar-refractivity contribution in [1.82, 2.24) is 10.3 Å². The van der Waals surface area contributed by atoms with E-state index in [0.29, 0.717) is 60.8 Å². The summed E-state index contributed by atoms with van der Waals surface area (Å²) < 4.78 is 55.3. The van der Waals surface area contributed by atoms with E-state index in [0.717, 1.165) is 30.4 Å². The van der Waals surface area contributed by atoms with Crippen molar-refractivity contribution in [2.45, 2.75) is 86.9 Å². The normalized spacial score (nSPS) is 23.5. The van der Waals surface area contributed by atoms with Crippen LogP contribution >= 0.6 is 11.6 Å². The predicted molar refractivity (Wildman–Crippen MR) is 181 cm³/mol. The van der Waals surface area contributed by atoms with E-state index >= 15 is 0 Å². The van der Waals surface area contributed by atoms with Crippen LogP contribution in [0.15, 0.2) is 35.3 Å². The van der Waals surface area contributed by atoms with E-state index in [1.165, 1.54) is 6.07 Å². The summed E-state index contributed by atoms with van der Waals surface area (Å²) in [6.07, 6.45) is 7.99. The van der Waals surface area contributed by atoms with E-state index in [1.807, 2.05) is 6.08 Å². The molecule has 3 heterocycles. The molecule has 3 saturated carbocycles. The molecule has 0 spiro atoms. The van der Waals surface area contributed by atoms with Crippen LogP contribution in [0.25, 0.3) is 17.3 Å². The van der Waals surface area contributed by atoms with Gasteiger partial charge < -0.3 is 25.3 Å². The lowest BCUT2D eigenvalue weighted by Crippen LogP contribution is -2.45. The molecular formula is C38H36ClF3N4O5. The van der Waals surface area contributed by atoms with Crippen LogP contribution in [0.2, 0.25) is 5.02 Å². The van der Waals surface area contributed by atoms with Gasteiger partial charge in [-0.25, -0.2) is 18.2 Å². The minimum absolute atomic E-state index is 0.00198. The number of hydrogen-bond acceptors (Lipinski definition) is 7. The van der Waals surface area contributed by atoms with Crippen molar-refractivity contribution in [1.29, 1.82) is 0 Å². The molecule has 0 radical (unpaired) electrons. The first-order valence-electron chi connectivity index (χ1n) is 17.3. The number of primary amides is 1. The second-order valence-corrected chi connectivity index (χ2v) is 15.2. The number of ether oxygens (including phenoxy) is 2. The third kappa shape index (κ3) is 5.94. The van der Waals surface area contributed by atoms with Crippen LogP contribution in [0.3, 0.4) is 0 Å². The molecule has 13 heteroatoms. The molecule has 3 aromatic rings. The van der Waals surface area contributed by atoms with Gasteiger partial charge >= 0.3 is 0 Å². The number of nitrogens with one attached hydrogen (secondary N) is 1. The highest BCUT2D eigenvalue weighted by atomic mass is 35.5. The number of carbonyl (C=O) groups excluding carboxylic acids is 3. The van der Waals surface area contributed by atoms with E-state index < -0.39 is 45.0 Å². The molecule has 266 valence electrons. The zero-order valence-corrected chi connectivity index (χ0v) is 28.6. The fourth-order valence-electron chi connectivity index (χ4n) is 7.12. The Labute approximate surface area is 296 Å². The highest BCUT2D eigenvalue weighted by Crippen LogP contribution is 2.51. The molecule has 2 aromatic carbocycles. The average molecular weight is 721 g/mol. The summed E-state index contributed by atoms with van der Waals surface area (Å²) >= 11 is 6.29. The first-order valence-corrected chi connectivity index (χ1v) is 17.7. The van der Waals surface area contributed by atoms with Crippen molar-refractivity contribution in [2.75, 3.05) is 13.2 Å². The molecule has 3 fully saturated rings. The molecule has 8 rings (SSSR count). The Morgan fingerprint density at radius 1 is 1.18 bits per heavy atom. The highest BCUT2D eigenvalue weighted by molar-refractivity contribution is 6.33. The highest BCUT2D eigenvalue weighted by Gasteiger charge is 2.51. The summed E-state index contributed by atoms with van der Waals surface area (Å²) in [6, 6.07) is 6.90. The minimum Gasteiger partial charge on any atom is -0.489 e. The van der Waals surface area contributed by atoms with Crippen LogP contribution in [0.4, 0.5) is 13.2 Å². The fraction of sp³-hybridized carbons (Fsp3) is 0.447. The molecule has 51 heavy (non-hydrogen) atoms. The number of hydrogen-bond donors (Lipinski definition) is 2. The van der Waals surface area contributed by atoms with Gasteiger partial charge in [0.05, 0.1) is 28.3 Å². The maximum atomic E-state index is 14.7. The lowest BCUT2D eigenvalue weighted by atomic mass is 9.76. The first kappa shape index (κ1) is 33.7. The number of rotatable bonds is 13. The van der Waals surface area contributed by atoms with Gasteiger partial charge in [-0.3, -0.25) is 14.6 Å². The molecule has 2 aliphatic heterocycles. The Bertz CT molecular complexity index is 2140. The lowest BCUT2D eigenvalue weighted by Gasteiger charge is -2.30. The summed E-state index contributed by atoms with van der Waals surface area (Å²) in [5.41, 5.74) is 2.89. The molecule has 0 bridgehead atoms. The summed E-state index contributed by atoms with van der Waals surface area (Å²) in [5.74, 6) is -3.21. The maximum absolute atomic E-state index is 14.7. The predicted octanol–water partition coefficient (Wildman–Crippen LogP) is 4.70. The Hall–Kier alpha value is -4.45. The van der Waals surface area contributed by atoms with Gasteiger partial charge in [-0.1, -0.05) is 17.7 Å². The van der Waals surface area contributed by atoms with Gasteiger partial charge in [-0.2, -0.15) is 0 Å². The van der Waals surface area contributed by atoms with Crippen LogP contribution in [-0.2, 0) is 20.4 Å². The third-order valence-electron chi connectivity index (χ3n) is 11.0. The van der Waals surface area contributed by atoms with Gasteiger partial charge in [0.25, 0.3) is 5.91 Å². The number of amides is 2. The molecule has 3 aliphatic carbocycles. The van der Waals surface area contributed by atoms with Gasteiger partial charge in [0.1, 0.15) is 46.5 Å². The average Bonchev–Trinajstić information content (AvgIpc) is 4.06.